The van der Waals surface area contributed by atoms with E-state index in [2.05, 4.69) is 11.8 Å². The first-order valence-corrected chi connectivity index (χ1v) is 7.99. The molecule has 2 rings (SSSR count). The van der Waals surface area contributed by atoms with Gasteiger partial charge in [0.1, 0.15) is 18.1 Å². The Labute approximate surface area is 128 Å². The van der Waals surface area contributed by atoms with Crippen LogP contribution >= 0.6 is 0 Å². The summed E-state index contributed by atoms with van der Waals surface area (Å²) in [7, 11) is 1.67. The summed E-state index contributed by atoms with van der Waals surface area (Å²) in [5.74, 6) is 2.49. The molecule has 1 saturated heterocycles. The smallest absolute Gasteiger partial charge is 0.119 e. The fraction of sp³-hybridized carbons (Fsp3) is 0.647. The molecule has 1 heterocycles. The molecule has 1 aromatic rings. The van der Waals surface area contributed by atoms with Gasteiger partial charge in [0.05, 0.1) is 7.11 Å². The van der Waals surface area contributed by atoms with E-state index in [1.54, 1.807) is 7.11 Å². The maximum absolute atomic E-state index is 5.98. The highest BCUT2D eigenvalue weighted by Gasteiger charge is 2.28. The first kappa shape index (κ1) is 16.1. The fourth-order valence-electron chi connectivity index (χ4n) is 3.26. The van der Waals surface area contributed by atoms with Crippen LogP contribution in [-0.4, -0.2) is 44.3 Å². The molecule has 4 nitrogen and oxygen atoms in total. The number of hydrogen-bond acceptors (Lipinski definition) is 4. The Hall–Kier alpha value is -1.26. The molecule has 0 aromatic heterocycles. The molecule has 1 fully saturated rings. The van der Waals surface area contributed by atoms with Crippen molar-refractivity contribution < 1.29 is 9.47 Å². The van der Waals surface area contributed by atoms with E-state index in [1.165, 1.54) is 19.3 Å². The molecular formula is C17H28N2O2. The second-order valence-corrected chi connectivity index (χ2v) is 5.67. The Morgan fingerprint density at radius 2 is 1.95 bits per heavy atom. The van der Waals surface area contributed by atoms with Crippen LogP contribution in [0.1, 0.15) is 26.2 Å². The zero-order chi connectivity index (χ0) is 15.1. The molecule has 1 aliphatic heterocycles. The normalized spacial score (nSPS) is 23.0. The van der Waals surface area contributed by atoms with Crippen molar-refractivity contribution in [2.24, 2.45) is 11.7 Å². The molecule has 0 spiro atoms. The van der Waals surface area contributed by atoms with Gasteiger partial charge in [-0.2, -0.15) is 0 Å². The summed E-state index contributed by atoms with van der Waals surface area (Å²) >= 11 is 0. The van der Waals surface area contributed by atoms with Gasteiger partial charge in [0, 0.05) is 19.1 Å². The van der Waals surface area contributed by atoms with Crippen LogP contribution in [0.2, 0.25) is 0 Å². The molecule has 1 aliphatic rings. The molecule has 2 N–H and O–H groups in total. The van der Waals surface area contributed by atoms with Crippen molar-refractivity contribution in [2.75, 3.05) is 33.4 Å². The molecule has 0 saturated carbocycles. The Balaban J connectivity index is 1.81. The van der Waals surface area contributed by atoms with Crippen LogP contribution in [0.15, 0.2) is 24.3 Å². The van der Waals surface area contributed by atoms with Crippen molar-refractivity contribution >= 4 is 0 Å². The number of methoxy groups -OCH3 is 1. The minimum absolute atomic E-state index is 0.517. The predicted octanol–water partition coefficient (Wildman–Crippen LogP) is 2.52. The second-order valence-electron chi connectivity index (χ2n) is 5.67. The average molecular weight is 292 g/mol. The molecule has 2 unspecified atom stereocenters. The molecule has 21 heavy (non-hydrogen) atoms. The Kier molecular flexibility index (Phi) is 6.33. The van der Waals surface area contributed by atoms with Crippen molar-refractivity contribution in [3.05, 3.63) is 24.3 Å². The maximum atomic E-state index is 5.98. The van der Waals surface area contributed by atoms with Gasteiger partial charge in [-0.1, -0.05) is 13.3 Å². The van der Waals surface area contributed by atoms with E-state index in [0.717, 1.165) is 37.1 Å². The molecule has 2 atom stereocenters. The highest BCUT2D eigenvalue weighted by Crippen LogP contribution is 2.25. The largest absolute Gasteiger partial charge is 0.497 e. The summed E-state index contributed by atoms with van der Waals surface area (Å²) in [6, 6.07) is 8.26. The number of likely N-dealkylation sites (tertiary alicyclic amines) is 1. The molecule has 0 amide bonds. The average Bonchev–Trinajstić information content (AvgIpc) is 2.55. The lowest BCUT2D eigenvalue weighted by atomic mass is 9.87. The van der Waals surface area contributed by atoms with Crippen molar-refractivity contribution in [1.29, 1.82) is 0 Å². The highest BCUT2D eigenvalue weighted by molar-refractivity contribution is 5.31. The van der Waals surface area contributed by atoms with E-state index in [0.29, 0.717) is 12.6 Å². The SMILES string of the molecule is CCC1CCCN(CCOc2ccc(OC)cc2)C1CN. The first-order valence-electron chi connectivity index (χ1n) is 7.99. The summed E-state index contributed by atoms with van der Waals surface area (Å²) in [6.45, 7) is 5.82. The first-order chi connectivity index (χ1) is 10.3. The molecule has 1 aromatic carbocycles. The van der Waals surface area contributed by atoms with Gasteiger partial charge in [-0.25, -0.2) is 0 Å². The molecule has 0 bridgehead atoms. The lowest BCUT2D eigenvalue weighted by molar-refractivity contribution is 0.0802. The molecule has 0 aliphatic carbocycles. The lowest BCUT2D eigenvalue weighted by Gasteiger charge is -2.40. The van der Waals surface area contributed by atoms with Gasteiger partial charge < -0.3 is 15.2 Å². The zero-order valence-corrected chi connectivity index (χ0v) is 13.3. The predicted molar refractivity (Wildman–Crippen MR) is 85.9 cm³/mol. The van der Waals surface area contributed by atoms with Crippen LogP contribution < -0.4 is 15.2 Å². The van der Waals surface area contributed by atoms with Crippen LogP contribution in [-0.2, 0) is 0 Å². The third kappa shape index (κ3) is 4.35. The Bertz CT molecular complexity index is 408. The summed E-state index contributed by atoms with van der Waals surface area (Å²) < 4.78 is 11.0. The number of benzene rings is 1. The van der Waals surface area contributed by atoms with Crippen LogP contribution in [0.5, 0.6) is 11.5 Å². The minimum Gasteiger partial charge on any atom is -0.497 e. The number of rotatable bonds is 7. The minimum atomic E-state index is 0.517. The summed E-state index contributed by atoms with van der Waals surface area (Å²) in [4.78, 5) is 2.50. The molecular weight excluding hydrogens is 264 g/mol. The number of nitrogens with zero attached hydrogens (tertiary/aromatic N) is 1. The van der Waals surface area contributed by atoms with Crippen molar-refractivity contribution in [3.63, 3.8) is 0 Å². The van der Waals surface area contributed by atoms with Gasteiger partial charge >= 0.3 is 0 Å². The van der Waals surface area contributed by atoms with Crippen LogP contribution in [0.3, 0.4) is 0 Å². The number of hydrogen-bond donors (Lipinski definition) is 1. The van der Waals surface area contributed by atoms with Crippen molar-refractivity contribution in [2.45, 2.75) is 32.2 Å². The number of ether oxygens (including phenoxy) is 2. The van der Waals surface area contributed by atoms with Gasteiger partial charge in [-0.3, -0.25) is 4.90 Å². The van der Waals surface area contributed by atoms with E-state index in [4.69, 9.17) is 15.2 Å². The van der Waals surface area contributed by atoms with E-state index in [9.17, 15) is 0 Å². The van der Waals surface area contributed by atoms with Gasteiger partial charge in [0.25, 0.3) is 0 Å². The monoisotopic (exact) mass is 292 g/mol. The van der Waals surface area contributed by atoms with E-state index in [-0.39, 0.29) is 0 Å². The van der Waals surface area contributed by atoms with Gasteiger partial charge in [-0.05, 0) is 49.6 Å². The summed E-state index contributed by atoms with van der Waals surface area (Å²) in [5.41, 5.74) is 5.98. The molecule has 118 valence electrons. The molecule has 4 heteroatoms. The van der Waals surface area contributed by atoms with E-state index >= 15 is 0 Å². The van der Waals surface area contributed by atoms with Crippen LogP contribution in [0.25, 0.3) is 0 Å². The Morgan fingerprint density at radius 3 is 2.57 bits per heavy atom. The van der Waals surface area contributed by atoms with Crippen molar-refractivity contribution in [3.8, 4) is 11.5 Å². The van der Waals surface area contributed by atoms with Gasteiger partial charge in [0.15, 0.2) is 0 Å². The van der Waals surface area contributed by atoms with Gasteiger partial charge in [-0.15, -0.1) is 0 Å². The lowest BCUT2D eigenvalue weighted by Crippen LogP contribution is -2.50. The van der Waals surface area contributed by atoms with Gasteiger partial charge in [0.2, 0.25) is 0 Å². The van der Waals surface area contributed by atoms with Crippen molar-refractivity contribution in [1.82, 2.24) is 4.90 Å². The number of piperidine rings is 1. The van der Waals surface area contributed by atoms with E-state index < -0.39 is 0 Å². The van der Waals surface area contributed by atoms with E-state index in [1.807, 2.05) is 24.3 Å². The second kappa shape index (κ2) is 8.25. The molecule has 0 radical (unpaired) electrons. The Morgan fingerprint density at radius 1 is 1.24 bits per heavy atom. The third-order valence-corrected chi connectivity index (χ3v) is 4.51. The van der Waals surface area contributed by atoms with Crippen LogP contribution in [0.4, 0.5) is 0 Å². The number of nitrogens with two attached hydrogens (primary N) is 1. The summed E-state index contributed by atoms with van der Waals surface area (Å²) in [5, 5.41) is 0. The third-order valence-electron chi connectivity index (χ3n) is 4.51. The quantitative estimate of drug-likeness (QED) is 0.839. The standard InChI is InChI=1S/C17H28N2O2/c1-3-14-5-4-10-19(17(14)13-18)11-12-21-16-8-6-15(20-2)7-9-16/h6-9,14,17H,3-5,10-13,18H2,1-2H3. The topological polar surface area (TPSA) is 47.7 Å². The zero-order valence-electron chi connectivity index (χ0n) is 13.3. The fourth-order valence-corrected chi connectivity index (χ4v) is 3.26. The van der Waals surface area contributed by atoms with Crippen LogP contribution in [0, 0.1) is 5.92 Å². The summed E-state index contributed by atoms with van der Waals surface area (Å²) in [6.07, 6.45) is 3.81. The maximum Gasteiger partial charge on any atom is 0.119 e. The highest BCUT2D eigenvalue weighted by atomic mass is 16.5.